The molecular weight excluding hydrogens is 1600 g/mol. The van der Waals surface area contributed by atoms with E-state index in [1.54, 1.807) is 11.8 Å². The van der Waals surface area contributed by atoms with Gasteiger partial charge in [0.05, 0.1) is 29.9 Å². The number of ether oxygens (including phenoxy) is 12. The molecule has 0 spiro atoms. The zero-order valence-corrected chi connectivity index (χ0v) is 70.3. The molecule has 6 atom stereocenters. The Morgan fingerprint density at radius 2 is 0.525 bits per heavy atom. The smallest absolute Gasteiger partial charge is 0.162 e. The summed E-state index contributed by atoms with van der Waals surface area (Å²) in [7, 11) is 0. The van der Waals surface area contributed by atoms with Crippen molar-refractivity contribution >= 4 is 27.7 Å². The summed E-state index contributed by atoms with van der Waals surface area (Å²) in [6.45, 7) is 6.42. The van der Waals surface area contributed by atoms with Crippen LogP contribution in [0, 0.1) is 13.8 Å². The summed E-state index contributed by atoms with van der Waals surface area (Å²) in [6, 6.07) is 125. The van der Waals surface area contributed by atoms with Gasteiger partial charge < -0.3 is 56.8 Å². The molecular formula is C108H93BrO12S. The fraction of sp³-hybridized carbons (Fsp3) is 0.167. The third kappa shape index (κ3) is 20.0. The molecule has 0 aliphatic carbocycles. The summed E-state index contributed by atoms with van der Waals surface area (Å²) < 4.78 is 90.8. The van der Waals surface area contributed by atoms with E-state index in [-0.39, 0.29) is 66.1 Å². The van der Waals surface area contributed by atoms with E-state index in [0.29, 0.717) is 78.7 Å². The van der Waals surface area contributed by atoms with Crippen LogP contribution in [0.15, 0.2) is 379 Å². The molecule has 0 N–H and O–H groups in total. The first-order chi connectivity index (χ1) is 60.2. The van der Waals surface area contributed by atoms with E-state index in [4.69, 9.17) is 56.8 Å². The van der Waals surface area contributed by atoms with Crippen LogP contribution in [0.4, 0.5) is 0 Å². The molecule has 2 heterocycles. The van der Waals surface area contributed by atoms with Gasteiger partial charge in [0.2, 0.25) is 0 Å². The first-order valence-electron chi connectivity index (χ1n) is 41.3. The summed E-state index contributed by atoms with van der Waals surface area (Å²) in [5.41, 5.74) is 15.2. The average Bonchev–Trinajstić information content (AvgIpc) is 0.708. The van der Waals surface area contributed by atoms with Crippen molar-refractivity contribution in [1.82, 2.24) is 0 Å². The van der Waals surface area contributed by atoms with E-state index >= 15 is 0 Å². The van der Waals surface area contributed by atoms with E-state index in [1.807, 2.05) is 206 Å². The molecule has 15 aromatic carbocycles. The van der Waals surface area contributed by atoms with Crippen molar-refractivity contribution in [2.45, 2.75) is 120 Å². The van der Waals surface area contributed by atoms with Gasteiger partial charge in [0.1, 0.15) is 104 Å². The van der Waals surface area contributed by atoms with E-state index in [2.05, 4.69) is 194 Å². The van der Waals surface area contributed by atoms with Gasteiger partial charge in [0, 0.05) is 28.2 Å². The van der Waals surface area contributed by atoms with Gasteiger partial charge >= 0.3 is 0 Å². The van der Waals surface area contributed by atoms with Gasteiger partial charge in [-0.2, -0.15) is 0 Å². The van der Waals surface area contributed by atoms with Crippen molar-refractivity contribution in [3.8, 4) is 57.5 Å². The van der Waals surface area contributed by atoms with E-state index in [0.717, 1.165) is 82.8 Å². The van der Waals surface area contributed by atoms with Crippen molar-refractivity contribution in [2.24, 2.45) is 0 Å². The quantitative estimate of drug-likeness (QED) is 0.0376. The number of aryl methyl sites for hydroxylation is 2. The van der Waals surface area contributed by atoms with Gasteiger partial charge in [-0.3, -0.25) is 0 Å². The highest BCUT2D eigenvalue weighted by Gasteiger charge is 2.52. The van der Waals surface area contributed by atoms with Crippen molar-refractivity contribution in [3.05, 3.63) is 469 Å². The van der Waals surface area contributed by atoms with Gasteiger partial charge in [-0.1, -0.05) is 334 Å². The lowest BCUT2D eigenvalue weighted by atomic mass is 9.77. The third-order valence-electron chi connectivity index (χ3n) is 21.8. The maximum atomic E-state index is 8.55. The summed E-state index contributed by atoms with van der Waals surface area (Å²) >= 11 is 6.02. The van der Waals surface area contributed by atoms with Crippen molar-refractivity contribution in [3.63, 3.8) is 0 Å². The SMILES string of the molecule is Cc1cccc(C)c1S[C@H]1c2c(OCc3ccccc3)cc(OCc3ccccc3)c([C@@H]3c4c(OCc5ccccc5)cc(OCc5ccccc5)c(Br)c4O[C@H](c4ccc(OCc5ccccc5)c(OCc5ccccc5)c4)[C@H]3OCc3ccccc3)c2O[C@H](c2ccc(OCc3ccccc3)c(OCc3ccccc3)c2)[C@H]1OCc1ccccc1. The molecule has 2 aliphatic heterocycles. The number of fused-ring (bicyclic) bond motifs is 2. The Kier molecular flexibility index (Phi) is 26.7. The lowest BCUT2D eigenvalue weighted by molar-refractivity contribution is -0.0618. The van der Waals surface area contributed by atoms with E-state index in [9.17, 15) is 0 Å². The predicted octanol–water partition coefficient (Wildman–Crippen LogP) is 26.1. The standard InChI is InChI=1S/C108H93BrO12S/c1-74-34-33-35-75(2)107(74)122-108-98-94(116-70-82-48-25-9-26-49-82)62-92(114-68-80-44-21-7-22-45-80)96(103(98)120-102(106(108)119-73-85-54-31-12-32-55-85)87-57-59-89(111-65-77-38-15-4-16-39-77)91(61-87)113-67-79-42-19-6-20-43-79)99-97-93(115-69-81-46-23-8-24-47-81)63-95(117-71-83-50-27-10-28-51-83)100(109)104(97)121-101(105(99)118-72-84-52-29-11-30-53-84)86-56-58-88(110-64-76-36-13-3-14-37-76)90(60-86)112-66-78-40-17-5-18-41-78/h3-63,99,101-102,105-106,108H,64-73H2,1-2H3/t99-,101-,102-,105+,106-,108+/m1/s1. The molecule has 0 bridgehead atoms. The molecule has 2 aliphatic rings. The van der Waals surface area contributed by atoms with Crippen LogP contribution in [0.2, 0.25) is 0 Å². The molecule has 14 heteroatoms. The van der Waals surface area contributed by atoms with Crippen LogP contribution in [0.25, 0.3) is 0 Å². The second kappa shape index (κ2) is 40.0. The summed E-state index contributed by atoms with van der Waals surface area (Å²) in [4.78, 5) is 1.07. The highest BCUT2D eigenvalue weighted by Crippen LogP contribution is 2.64. The van der Waals surface area contributed by atoms with E-state index < -0.39 is 35.6 Å². The Morgan fingerprint density at radius 3 is 0.877 bits per heavy atom. The minimum atomic E-state index is -1.01. The minimum Gasteiger partial charge on any atom is -0.488 e. The molecule has 0 amide bonds. The van der Waals surface area contributed by atoms with Gasteiger partial charge in [-0.25, -0.2) is 0 Å². The van der Waals surface area contributed by atoms with Crippen LogP contribution >= 0.6 is 27.7 Å². The summed E-state index contributed by atoms with van der Waals surface area (Å²) in [5, 5.41) is -0.650. The molecule has 610 valence electrons. The van der Waals surface area contributed by atoms with Crippen molar-refractivity contribution in [1.29, 1.82) is 0 Å². The lowest BCUT2D eigenvalue weighted by Crippen LogP contribution is -2.40. The molecule has 122 heavy (non-hydrogen) atoms. The third-order valence-corrected chi connectivity index (χ3v) is 24.2. The molecule has 0 unspecified atom stereocenters. The Labute approximate surface area is 726 Å². The maximum absolute atomic E-state index is 8.55. The second-order valence-electron chi connectivity index (χ2n) is 30.4. The number of halogens is 1. The van der Waals surface area contributed by atoms with Crippen LogP contribution < -0.4 is 47.4 Å². The Balaban J connectivity index is 0.964. The monoisotopic (exact) mass is 1690 g/mol. The molecule has 0 saturated carbocycles. The van der Waals surface area contributed by atoms with Crippen LogP contribution in [0.3, 0.4) is 0 Å². The Bertz CT molecular complexity index is 5870. The first kappa shape index (κ1) is 81.4. The number of rotatable bonds is 35. The largest absolute Gasteiger partial charge is 0.488 e. The molecule has 15 aromatic rings. The molecule has 0 fully saturated rings. The van der Waals surface area contributed by atoms with E-state index in [1.165, 1.54) is 0 Å². The minimum absolute atomic E-state index is 0.124. The molecule has 17 rings (SSSR count). The second-order valence-corrected chi connectivity index (χ2v) is 32.3. The Hall–Kier alpha value is -13.0. The zero-order valence-electron chi connectivity index (χ0n) is 67.9. The molecule has 0 saturated heterocycles. The fourth-order valence-electron chi connectivity index (χ4n) is 15.6. The normalized spacial score (nSPS) is 15.7. The number of hydrogen-bond donors (Lipinski definition) is 0. The highest BCUT2D eigenvalue weighted by atomic mass is 79.9. The summed E-state index contributed by atoms with van der Waals surface area (Å²) in [6.07, 6.45) is -3.75. The molecule has 12 nitrogen and oxygen atoms in total. The van der Waals surface area contributed by atoms with Gasteiger partial charge in [-0.05, 0) is 132 Å². The topological polar surface area (TPSA) is 111 Å². The summed E-state index contributed by atoms with van der Waals surface area (Å²) in [5.74, 6) is 3.92. The van der Waals surface area contributed by atoms with Gasteiger partial charge in [-0.15, -0.1) is 11.8 Å². The van der Waals surface area contributed by atoms with Crippen LogP contribution in [-0.4, -0.2) is 12.2 Å². The average molecular weight is 1690 g/mol. The van der Waals surface area contributed by atoms with Gasteiger partial charge in [0.15, 0.2) is 35.2 Å². The predicted molar refractivity (Wildman–Crippen MR) is 483 cm³/mol. The lowest BCUT2D eigenvalue weighted by Gasteiger charge is -2.45. The van der Waals surface area contributed by atoms with Gasteiger partial charge in [0.25, 0.3) is 0 Å². The number of benzene rings is 15. The van der Waals surface area contributed by atoms with Crippen LogP contribution in [-0.2, 0) is 75.5 Å². The van der Waals surface area contributed by atoms with Crippen molar-refractivity contribution in [2.75, 3.05) is 0 Å². The highest BCUT2D eigenvalue weighted by molar-refractivity contribution is 9.10. The molecule has 0 radical (unpaired) electrons. The first-order valence-corrected chi connectivity index (χ1v) is 43.0. The zero-order chi connectivity index (χ0) is 82.6. The molecule has 0 aromatic heterocycles. The number of hydrogen-bond acceptors (Lipinski definition) is 13. The maximum Gasteiger partial charge on any atom is 0.162 e. The Morgan fingerprint density at radius 1 is 0.254 bits per heavy atom. The van der Waals surface area contributed by atoms with Crippen LogP contribution in [0.1, 0.15) is 118 Å². The van der Waals surface area contributed by atoms with Crippen LogP contribution in [0.5, 0.6) is 57.5 Å². The fourth-order valence-corrected chi connectivity index (χ4v) is 17.6. The van der Waals surface area contributed by atoms with Crippen molar-refractivity contribution < 1.29 is 56.8 Å². The number of thioether (sulfide) groups is 1.